The molecule has 3 atom stereocenters. The predicted molar refractivity (Wildman–Crippen MR) is 59.1 cm³/mol. The van der Waals surface area contributed by atoms with Gasteiger partial charge in [-0.2, -0.15) is 0 Å². The van der Waals surface area contributed by atoms with Crippen LogP contribution in [0.5, 0.6) is 0 Å². The van der Waals surface area contributed by atoms with Gasteiger partial charge in [0.2, 0.25) is 0 Å². The lowest BCUT2D eigenvalue weighted by atomic mass is 9.73. The van der Waals surface area contributed by atoms with Crippen LogP contribution in [0.15, 0.2) is 0 Å². The van der Waals surface area contributed by atoms with Gasteiger partial charge < -0.3 is 5.32 Å². The van der Waals surface area contributed by atoms with Crippen LogP contribution in [0.3, 0.4) is 0 Å². The molecule has 0 amide bonds. The molecule has 2 saturated carbocycles. The highest BCUT2D eigenvalue weighted by Crippen LogP contribution is 2.47. The van der Waals surface area contributed by atoms with E-state index in [2.05, 4.69) is 5.32 Å². The lowest BCUT2D eigenvalue weighted by molar-refractivity contribution is 0.189. The Bertz CT molecular complexity index is 191. The van der Waals surface area contributed by atoms with E-state index in [0.29, 0.717) is 0 Å². The van der Waals surface area contributed by atoms with Crippen molar-refractivity contribution in [3.05, 3.63) is 0 Å². The second-order valence-corrected chi connectivity index (χ2v) is 5.78. The van der Waals surface area contributed by atoms with Gasteiger partial charge in [0.05, 0.1) is 0 Å². The lowest BCUT2D eigenvalue weighted by Crippen LogP contribution is -2.25. The zero-order chi connectivity index (χ0) is 9.38. The second kappa shape index (κ2) is 3.84. The fourth-order valence-electron chi connectivity index (χ4n) is 3.77. The summed E-state index contributed by atoms with van der Waals surface area (Å²) in [5.74, 6) is 4.42. The Morgan fingerprint density at radius 3 is 2.14 bits per heavy atom. The van der Waals surface area contributed by atoms with Gasteiger partial charge in [-0.1, -0.05) is 19.3 Å². The first kappa shape index (κ1) is 9.21. The molecular formula is C13H23N. The summed E-state index contributed by atoms with van der Waals surface area (Å²) in [6, 6.07) is 0. The van der Waals surface area contributed by atoms with Gasteiger partial charge in [0.15, 0.2) is 0 Å². The minimum atomic E-state index is 1.04. The first-order valence-electron chi connectivity index (χ1n) is 6.64. The Hall–Kier alpha value is -0.0400. The zero-order valence-electron chi connectivity index (χ0n) is 9.17. The predicted octanol–water partition coefficient (Wildman–Crippen LogP) is 2.81. The molecule has 1 N–H and O–H groups in total. The molecule has 3 aliphatic rings. The standard InChI is InChI=1S/C13H23N/c1-2-11(10-4-5-10)8-12(3-1)13-6-7-14-9-13/h10-14H,1-9H2. The van der Waals surface area contributed by atoms with E-state index in [1.54, 1.807) is 25.7 Å². The zero-order valence-corrected chi connectivity index (χ0v) is 9.17. The van der Waals surface area contributed by atoms with E-state index in [-0.39, 0.29) is 0 Å². The molecule has 1 heteroatoms. The third kappa shape index (κ3) is 1.84. The van der Waals surface area contributed by atoms with Crippen molar-refractivity contribution in [3.63, 3.8) is 0 Å². The molecule has 1 aliphatic heterocycles. The van der Waals surface area contributed by atoms with Crippen molar-refractivity contribution < 1.29 is 0 Å². The van der Waals surface area contributed by atoms with Crippen molar-refractivity contribution in [2.24, 2.45) is 23.7 Å². The minimum Gasteiger partial charge on any atom is -0.316 e. The third-order valence-electron chi connectivity index (χ3n) is 4.81. The van der Waals surface area contributed by atoms with Crippen LogP contribution < -0.4 is 5.32 Å². The van der Waals surface area contributed by atoms with Crippen LogP contribution in [-0.4, -0.2) is 13.1 Å². The highest BCUT2D eigenvalue weighted by Gasteiger charge is 2.37. The Balaban J connectivity index is 1.57. The summed E-state index contributed by atoms with van der Waals surface area (Å²) in [4.78, 5) is 0. The Labute approximate surface area is 87.7 Å². The van der Waals surface area contributed by atoms with E-state index in [9.17, 15) is 0 Å². The highest BCUT2D eigenvalue weighted by molar-refractivity contribution is 4.89. The maximum Gasteiger partial charge on any atom is -0.00174 e. The first-order valence-corrected chi connectivity index (χ1v) is 6.64. The minimum absolute atomic E-state index is 1.04. The van der Waals surface area contributed by atoms with Gasteiger partial charge in [-0.25, -0.2) is 0 Å². The number of hydrogen-bond donors (Lipinski definition) is 1. The van der Waals surface area contributed by atoms with Crippen LogP contribution in [0.4, 0.5) is 0 Å². The maximum absolute atomic E-state index is 3.53. The average Bonchev–Trinajstić information content (AvgIpc) is 2.94. The van der Waals surface area contributed by atoms with Crippen LogP contribution in [0.1, 0.15) is 44.9 Å². The highest BCUT2D eigenvalue weighted by atomic mass is 14.9. The molecule has 1 saturated heterocycles. The van der Waals surface area contributed by atoms with E-state index in [1.807, 2.05) is 0 Å². The summed E-state index contributed by atoms with van der Waals surface area (Å²) in [6.07, 6.45) is 10.8. The van der Waals surface area contributed by atoms with Crippen LogP contribution in [-0.2, 0) is 0 Å². The second-order valence-electron chi connectivity index (χ2n) is 5.78. The first-order chi connectivity index (χ1) is 6.93. The van der Waals surface area contributed by atoms with Crippen molar-refractivity contribution >= 4 is 0 Å². The topological polar surface area (TPSA) is 12.0 Å². The van der Waals surface area contributed by atoms with Crippen molar-refractivity contribution in [3.8, 4) is 0 Å². The SMILES string of the molecule is C1CC(C2CC2)CC(C2CCNC2)C1. The number of hydrogen-bond acceptors (Lipinski definition) is 1. The average molecular weight is 193 g/mol. The fourth-order valence-corrected chi connectivity index (χ4v) is 3.77. The summed E-state index contributed by atoms with van der Waals surface area (Å²) < 4.78 is 0. The van der Waals surface area contributed by atoms with E-state index in [1.165, 1.54) is 32.4 Å². The van der Waals surface area contributed by atoms with Gasteiger partial charge >= 0.3 is 0 Å². The molecule has 0 radical (unpaired) electrons. The molecule has 2 aliphatic carbocycles. The molecule has 0 bridgehead atoms. The lowest BCUT2D eigenvalue weighted by Gasteiger charge is -2.32. The third-order valence-corrected chi connectivity index (χ3v) is 4.81. The molecule has 0 aromatic heterocycles. The molecule has 3 rings (SSSR count). The van der Waals surface area contributed by atoms with Gasteiger partial charge in [-0.3, -0.25) is 0 Å². The summed E-state index contributed by atoms with van der Waals surface area (Å²) in [6.45, 7) is 2.61. The van der Waals surface area contributed by atoms with Gasteiger partial charge in [0.25, 0.3) is 0 Å². The fraction of sp³-hybridized carbons (Fsp3) is 1.00. The molecule has 14 heavy (non-hydrogen) atoms. The van der Waals surface area contributed by atoms with Gasteiger partial charge in [0, 0.05) is 0 Å². The van der Waals surface area contributed by atoms with Crippen LogP contribution >= 0.6 is 0 Å². The largest absolute Gasteiger partial charge is 0.316 e. The molecular weight excluding hydrogens is 170 g/mol. The summed E-state index contributed by atoms with van der Waals surface area (Å²) in [5, 5.41) is 3.53. The Morgan fingerprint density at radius 2 is 1.50 bits per heavy atom. The van der Waals surface area contributed by atoms with Crippen molar-refractivity contribution in [2.75, 3.05) is 13.1 Å². The maximum atomic E-state index is 3.53. The number of nitrogens with one attached hydrogen (secondary N) is 1. The quantitative estimate of drug-likeness (QED) is 0.711. The molecule has 80 valence electrons. The van der Waals surface area contributed by atoms with Crippen LogP contribution in [0.2, 0.25) is 0 Å². The molecule has 3 unspecified atom stereocenters. The smallest absolute Gasteiger partial charge is 0.00174 e. The summed E-state index contributed by atoms with van der Waals surface area (Å²) in [5.41, 5.74) is 0. The van der Waals surface area contributed by atoms with Gasteiger partial charge in [0.1, 0.15) is 0 Å². The molecule has 1 nitrogen and oxygen atoms in total. The van der Waals surface area contributed by atoms with E-state index < -0.39 is 0 Å². The monoisotopic (exact) mass is 193 g/mol. The number of rotatable bonds is 2. The van der Waals surface area contributed by atoms with Crippen LogP contribution in [0.25, 0.3) is 0 Å². The molecule has 3 fully saturated rings. The summed E-state index contributed by atoms with van der Waals surface area (Å²) >= 11 is 0. The Kier molecular flexibility index (Phi) is 2.53. The summed E-state index contributed by atoms with van der Waals surface area (Å²) in [7, 11) is 0. The normalized spacial score (nSPS) is 44.1. The molecule has 0 aromatic rings. The molecule has 1 heterocycles. The van der Waals surface area contributed by atoms with E-state index in [0.717, 1.165) is 23.7 Å². The van der Waals surface area contributed by atoms with Crippen molar-refractivity contribution in [1.82, 2.24) is 5.32 Å². The van der Waals surface area contributed by atoms with Gasteiger partial charge in [-0.15, -0.1) is 0 Å². The van der Waals surface area contributed by atoms with Crippen LogP contribution in [0, 0.1) is 23.7 Å². The Morgan fingerprint density at radius 1 is 0.714 bits per heavy atom. The van der Waals surface area contributed by atoms with Crippen molar-refractivity contribution in [1.29, 1.82) is 0 Å². The van der Waals surface area contributed by atoms with Gasteiger partial charge in [-0.05, 0) is 62.4 Å². The molecule has 0 spiro atoms. The van der Waals surface area contributed by atoms with E-state index in [4.69, 9.17) is 0 Å². The molecule has 0 aromatic carbocycles. The van der Waals surface area contributed by atoms with Crippen molar-refractivity contribution in [2.45, 2.75) is 44.9 Å². The van der Waals surface area contributed by atoms with E-state index >= 15 is 0 Å².